The molecule has 2 fully saturated rings. The molecule has 0 aliphatic heterocycles. The summed E-state index contributed by atoms with van der Waals surface area (Å²) < 4.78 is 7.81. The van der Waals surface area contributed by atoms with Gasteiger partial charge in [-0.3, -0.25) is 4.79 Å². The predicted octanol–water partition coefficient (Wildman–Crippen LogP) is 5.88. The lowest BCUT2D eigenvalue weighted by atomic mass is 9.95. The zero-order valence-corrected chi connectivity index (χ0v) is 19.9. The molecule has 0 spiro atoms. The molecule has 0 saturated heterocycles. The van der Waals surface area contributed by atoms with Crippen molar-refractivity contribution in [3.63, 3.8) is 0 Å². The molecule has 2 N–H and O–H groups in total. The average Bonchev–Trinajstić information content (AvgIpc) is 3.59. The van der Waals surface area contributed by atoms with E-state index in [4.69, 9.17) is 16.3 Å². The van der Waals surface area contributed by atoms with Crippen LogP contribution >= 0.6 is 11.6 Å². The van der Waals surface area contributed by atoms with Crippen LogP contribution in [0.3, 0.4) is 0 Å². The van der Waals surface area contributed by atoms with Crippen molar-refractivity contribution >= 4 is 28.3 Å². The van der Waals surface area contributed by atoms with Gasteiger partial charge in [-0.05, 0) is 66.1 Å². The van der Waals surface area contributed by atoms with Gasteiger partial charge in [-0.1, -0.05) is 60.5 Å². The Kier molecular flexibility index (Phi) is 5.71. The van der Waals surface area contributed by atoms with E-state index in [2.05, 4.69) is 10.4 Å². The number of aromatic nitrogens is 2. The van der Waals surface area contributed by atoms with E-state index >= 15 is 0 Å². The van der Waals surface area contributed by atoms with Crippen molar-refractivity contribution in [3.8, 4) is 17.3 Å². The number of nitrogens with zero attached hydrogens (tertiary/aromatic N) is 2. The fourth-order valence-corrected chi connectivity index (χ4v) is 5.87. The summed E-state index contributed by atoms with van der Waals surface area (Å²) >= 11 is 6.50. The number of halogens is 1. The summed E-state index contributed by atoms with van der Waals surface area (Å²) in [6.45, 7) is -0.396. The fourth-order valence-electron chi connectivity index (χ4n) is 5.65. The van der Waals surface area contributed by atoms with Crippen LogP contribution in [0.25, 0.3) is 16.5 Å². The minimum absolute atomic E-state index is 0.156. The van der Waals surface area contributed by atoms with Crippen LogP contribution in [-0.4, -0.2) is 26.8 Å². The zero-order valence-electron chi connectivity index (χ0n) is 19.2. The highest BCUT2D eigenvalue weighted by Gasteiger charge is 2.41. The van der Waals surface area contributed by atoms with Gasteiger partial charge in [-0.15, -0.1) is 0 Å². The molecule has 1 heterocycles. The standard InChI is InChI=1S/C28H26ClN3O3/c29-23-7-3-4-8-25(23)32-28(35-21-12-11-18-5-1-2-6-19(18)15-21)22(16-33)26(31-32)27(34)30-24-14-17-9-10-20(24)13-17/h1-8,11-12,15,17,20,24,33H,9-10,13-14,16H2,(H,30,34). The number of carbonyl (C=O) groups is 1. The first kappa shape index (κ1) is 22.1. The van der Waals surface area contributed by atoms with Gasteiger partial charge in [0.05, 0.1) is 22.9 Å². The van der Waals surface area contributed by atoms with Crippen LogP contribution < -0.4 is 10.1 Å². The van der Waals surface area contributed by atoms with Crippen molar-refractivity contribution in [2.24, 2.45) is 11.8 Å². The third kappa shape index (κ3) is 4.07. The second kappa shape index (κ2) is 9.02. The number of amides is 1. The summed E-state index contributed by atoms with van der Waals surface area (Å²) in [7, 11) is 0. The second-order valence-corrected chi connectivity index (χ2v) is 9.93. The number of nitrogens with one attached hydrogen (secondary N) is 1. The molecule has 6 rings (SSSR count). The molecule has 4 aromatic rings. The van der Waals surface area contributed by atoms with E-state index in [9.17, 15) is 9.90 Å². The molecule has 1 aromatic heterocycles. The van der Waals surface area contributed by atoms with E-state index in [0.29, 0.717) is 33.9 Å². The van der Waals surface area contributed by atoms with Crippen LogP contribution in [-0.2, 0) is 6.61 Å². The number of hydrogen-bond donors (Lipinski definition) is 2. The van der Waals surface area contributed by atoms with Gasteiger partial charge in [0.2, 0.25) is 5.88 Å². The quantitative estimate of drug-likeness (QED) is 0.356. The fraction of sp³-hybridized carbons (Fsp3) is 0.286. The van der Waals surface area contributed by atoms with Gasteiger partial charge in [0.15, 0.2) is 5.69 Å². The minimum atomic E-state index is -0.396. The van der Waals surface area contributed by atoms with Crippen LogP contribution in [0.4, 0.5) is 0 Å². The van der Waals surface area contributed by atoms with Crippen LogP contribution in [0, 0.1) is 11.8 Å². The molecule has 6 nitrogen and oxygen atoms in total. The number of aliphatic hydroxyl groups excluding tert-OH is 1. The van der Waals surface area contributed by atoms with Crippen molar-refractivity contribution in [3.05, 3.63) is 83.0 Å². The molecule has 1 amide bonds. The molecule has 7 heteroatoms. The number of rotatable bonds is 6. The molecule has 2 aliphatic rings. The Hall–Kier alpha value is -3.35. The highest BCUT2D eigenvalue weighted by atomic mass is 35.5. The van der Waals surface area contributed by atoms with Crippen LogP contribution in [0.15, 0.2) is 66.7 Å². The normalized spacial score (nSPS) is 20.9. The van der Waals surface area contributed by atoms with E-state index < -0.39 is 6.61 Å². The van der Waals surface area contributed by atoms with Crippen molar-refractivity contribution in [2.75, 3.05) is 0 Å². The molecular weight excluding hydrogens is 462 g/mol. The van der Waals surface area contributed by atoms with E-state index in [1.165, 1.54) is 17.5 Å². The number of carbonyl (C=O) groups excluding carboxylic acids is 1. The van der Waals surface area contributed by atoms with E-state index in [-0.39, 0.29) is 23.5 Å². The maximum atomic E-state index is 13.4. The predicted molar refractivity (Wildman–Crippen MR) is 135 cm³/mol. The molecule has 0 radical (unpaired) electrons. The van der Waals surface area contributed by atoms with Crippen LogP contribution in [0.1, 0.15) is 41.7 Å². The van der Waals surface area contributed by atoms with E-state index in [0.717, 1.165) is 23.6 Å². The summed E-state index contributed by atoms with van der Waals surface area (Å²) in [6, 6.07) is 21.2. The van der Waals surface area contributed by atoms with Gasteiger partial charge in [0.25, 0.3) is 5.91 Å². The van der Waals surface area contributed by atoms with Crippen molar-refractivity contribution < 1.29 is 14.6 Å². The van der Waals surface area contributed by atoms with Crippen LogP contribution in [0.2, 0.25) is 5.02 Å². The van der Waals surface area contributed by atoms with Gasteiger partial charge in [0, 0.05) is 6.04 Å². The summed E-state index contributed by atoms with van der Waals surface area (Å²) in [5.74, 6) is 1.79. The highest BCUT2D eigenvalue weighted by molar-refractivity contribution is 6.32. The molecule has 3 atom stereocenters. The molecule has 35 heavy (non-hydrogen) atoms. The number of aliphatic hydroxyl groups is 1. The first-order chi connectivity index (χ1) is 17.1. The monoisotopic (exact) mass is 487 g/mol. The highest BCUT2D eigenvalue weighted by Crippen LogP contribution is 2.44. The number of benzene rings is 3. The topological polar surface area (TPSA) is 76.4 Å². The lowest BCUT2D eigenvalue weighted by molar-refractivity contribution is 0.0914. The average molecular weight is 488 g/mol. The Labute approximate surface area is 208 Å². The maximum absolute atomic E-state index is 13.4. The SMILES string of the molecule is O=C(NC1CC2CCC1C2)c1nn(-c2ccccc2Cl)c(Oc2ccc3ccccc3c2)c1CO. The Morgan fingerprint density at radius 1 is 1.06 bits per heavy atom. The Bertz CT molecular complexity index is 1420. The smallest absolute Gasteiger partial charge is 0.272 e. The van der Waals surface area contributed by atoms with Gasteiger partial charge in [-0.25, -0.2) is 0 Å². The largest absolute Gasteiger partial charge is 0.438 e. The van der Waals surface area contributed by atoms with Gasteiger partial charge in [0.1, 0.15) is 5.75 Å². The summed E-state index contributed by atoms with van der Waals surface area (Å²) in [5.41, 5.74) is 1.06. The molecule has 2 saturated carbocycles. The molecule has 2 bridgehead atoms. The molecule has 3 aromatic carbocycles. The number of hydrogen-bond acceptors (Lipinski definition) is 4. The number of fused-ring (bicyclic) bond motifs is 3. The van der Waals surface area contributed by atoms with E-state index in [1.54, 1.807) is 12.1 Å². The number of para-hydroxylation sites is 1. The molecule has 3 unspecified atom stereocenters. The van der Waals surface area contributed by atoms with Crippen LogP contribution in [0.5, 0.6) is 11.6 Å². The van der Waals surface area contributed by atoms with E-state index in [1.807, 2.05) is 54.6 Å². The summed E-state index contributed by atoms with van der Waals surface area (Å²) in [4.78, 5) is 13.4. The van der Waals surface area contributed by atoms with Crippen molar-refractivity contribution in [1.29, 1.82) is 0 Å². The summed E-state index contributed by atoms with van der Waals surface area (Å²) in [5, 5.41) is 20.7. The van der Waals surface area contributed by atoms with Gasteiger partial charge < -0.3 is 15.2 Å². The van der Waals surface area contributed by atoms with Gasteiger partial charge in [-0.2, -0.15) is 9.78 Å². The molecular formula is C28H26ClN3O3. The van der Waals surface area contributed by atoms with Crippen molar-refractivity contribution in [2.45, 2.75) is 38.3 Å². The first-order valence-electron chi connectivity index (χ1n) is 12.1. The Morgan fingerprint density at radius 3 is 2.60 bits per heavy atom. The van der Waals surface area contributed by atoms with Crippen molar-refractivity contribution in [1.82, 2.24) is 15.1 Å². The molecule has 178 valence electrons. The lowest BCUT2D eigenvalue weighted by Gasteiger charge is -2.22. The Balaban J connectivity index is 1.41. The van der Waals surface area contributed by atoms with Gasteiger partial charge >= 0.3 is 0 Å². The Morgan fingerprint density at radius 2 is 1.86 bits per heavy atom. The minimum Gasteiger partial charge on any atom is -0.438 e. The maximum Gasteiger partial charge on any atom is 0.272 e. The number of ether oxygens (including phenoxy) is 1. The lowest BCUT2D eigenvalue weighted by Crippen LogP contribution is -2.39. The summed E-state index contributed by atoms with van der Waals surface area (Å²) in [6.07, 6.45) is 4.61. The first-order valence-corrected chi connectivity index (χ1v) is 12.4. The zero-order chi connectivity index (χ0) is 23.9. The second-order valence-electron chi connectivity index (χ2n) is 9.52. The third-order valence-corrected chi connectivity index (χ3v) is 7.70. The third-order valence-electron chi connectivity index (χ3n) is 7.38. The molecule has 2 aliphatic carbocycles.